The fraction of sp³-hybridized carbons (Fsp3) is 0.625. The van der Waals surface area contributed by atoms with Crippen LogP contribution in [0.1, 0.15) is 37.8 Å². The van der Waals surface area contributed by atoms with E-state index >= 15 is 0 Å². The van der Waals surface area contributed by atoms with Crippen LogP contribution in [0, 0.1) is 5.82 Å². The van der Waals surface area contributed by atoms with Crippen LogP contribution in [-0.4, -0.2) is 46.4 Å². The highest BCUT2D eigenvalue weighted by molar-refractivity contribution is 5.78. The van der Waals surface area contributed by atoms with Gasteiger partial charge < -0.3 is 4.90 Å². The van der Waals surface area contributed by atoms with Gasteiger partial charge in [0.2, 0.25) is 5.91 Å². The summed E-state index contributed by atoms with van der Waals surface area (Å²) in [4.78, 5) is 20.4. The van der Waals surface area contributed by atoms with Gasteiger partial charge in [0, 0.05) is 32.1 Å². The van der Waals surface area contributed by atoms with Crippen molar-refractivity contribution in [3.05, 3.63) is 29.8 Å². The Labute approximate surface area is 125 Å². The Morgan fingerprint density at radius 1 is 1.19 bits per heavy atom. The molecular formula is C16H22FN3O. The standard InChI is InChI=1S/C16H22FN3O/c17-13-5-6-14(18-11-13)12-19-8-1-3-15(7-10-19)20-9-2-4-16(20)21/h5-6,11,15H,1-4,7-10,12H2. The van der Waals surface area contributed by atoms with E-state index < -0.39 is 0 Å². The highest BCUT2D eigenvalue weighted by Gasteiger charge is 2.29. The van der Waals surface area contributed by atoms with Crippen molar-refractivity contribution in [3.63, 3.8) is 0 Å². The molecule has 0 radical (unpaired) electrons. The van der Waals surface area contributed by atoms with Gasteiger partial charge in [-0.2, -0.15) is 0 Å². The van der Waals surface area contributed by atoms with E-state index in [9.17, 15) is 9.18 Å². The Morgan fingerprint density at radius 3 is 2.81 bits per heavy atom. The van der Waals surface area contributed by atoms with Gasteiger partial charge in [-0.05, 0) is 44.4 Å². The lowest BCUT2D eigenvalue weighted by molar-refractivity contribution is -0.129. The summed E-state index contributed by atoms with van der Waals surface area (Å²) in [5.74, 6) is 0.0378. The first-order chi connectivity index (χ1) is 10.2. The summed E-state index contributed by atoms with van der Waals surface area (Å²) in [7, 11) is 0. The lowest BCUT2D eigenvalue weighted by Crippen LogP contribution is -2.37. The predicted molar refractivity (Wildman–Crippen MR) is 78.1 cm³/mol. The zero-order chi connectivity index (χ0) is 14.7. The van der Waals surface area contributed by atoms with E-state index in [0.29, 0.717) is 11.9 Å². The van der Waals surface area contributed by atoms with E-state index in [2.05, 4.69) is 14.8 Å². The summed E-state index contributed by atoms with van der Waals surface area (Å²) in [6.45, 7) is 3.70. The van der Waals surface area contributed by atoms with Crippen molar-refractivity contribution in [2.24, 2.45) is 0 Å². The fourth-order valence-corrected chi connectivity index (χ4v) is 3.39. The molecule has 1 unspecified atom stereocenters. The molecule has 2 saturated heterocycles. The molecule has 3 heterocycles. The third kappa shape index (κ3) is 3.59. The van der Waals surface area contributed by atoms with Crippen LogP contribution >= 0.6 is 0 Å². The Morgan fingerprint density at radius 2 is 2.10 bits per heavy atom. The van der Waals surface area contributed by atoms with E-state index in [0.717, 1.165) is 64.0 Å². The van der Waals surface area contributed by atoms with Crippen molar-refractivity contribution < 1.29 is 9.18 Å². The number of amides is 1. The van der Waals surface area contributed by atoms with Crippen molar-refractivity contribution >= 4 is 5.91 Å². The number of aromatic nitrogens is 1. The van der Waals surface area contributed by atoms with Gasteiger partial charge >= 0.3 is 0 Å². The second-order valence-corrected chi connectivity index (χ2v) is 6.02. The molecule has 2 fully saturated rings. The smallest absolute Gasteiger partial charge is 0.222 e. The van der Waals surface area contributed by atoms with Gasteiger partial charge in [0.1, 0.15) is 5.82 Å². The summed E-state index contributed by atoms with van der Waals surface area (Å²) >= 11 is 0. The van der Waals surface area contributed by atoms with Crippen LogP contribution in [0.15, 0.2) is 18.3 Å². The molecule has 4 nitrogen and oxygen atoms in total. The quantitative estimate of drug-likeness (QED) is 0.856. The number of likely N-dealkylation sites (tertiary alicyclic amines) is 2. The molecule has 1 aromatic rings. The van der Waals surface area contributed by atoms with Crippen LogP contribution in [0.5, 0.6) is 0 Å². The summed E-state index contributed by atoms with van der Waals surface area (Å²) in [6.07, 6.45) is 6.25. The summed E-state index contributed by atoms with van der Waals surface area (Å²) in [6, 6.07) is 3.62. The predicted octanol–water partition coefficient (Wildman–Crippen LogP) is 2.20. The molecule has 2 aliphatic heterocycles. The van der Waals surface area contributed by atoms with Gasteiger partial charge in [-0.25, -0.2) is 4.39 Å². The summed E-state index contributed by atoms with van der Waals surface area (Å²) in [5.41, 5.74) is 0.909. The van der Waals surface area contributed by atoms with Crippen LogP contribution in [0.25, 0.3) is 0 Å². The summed E-state index contributed by atoms with van der Waals surface area (Å²) < 4.78 is 12.9. The average Bonchev–Trinajstić information content (AvgIpc) is 2.77. The number of hydrogen-bond donors (Lipinski definition) is 0. The molecule has 0 aromatic carbocycles. The third-order valence-electron chi connectivity index (χ3n) is 4.52. The van der Waals surface area contributed by atoms with Crippen molar-refractivity contribution in [2.75, 3.05) is 19.6 Å². The van der Waals surface area contributed by atoms with Crippen LogP contribution in [-0.2, 0) is 11.3 Å². The molecule has 3 rings (SSSR count). The number of halogens is 1. The highest BCUT2D eigenvalue weighted by atomic mass is 19.1. The lowest BCUT2D eigenvalue weighted by atomic mass is 10.1. The van der Waals surface area contributed by atoms with E-state index in [-0.39, 0.29) is 5.82 Å². The molecule has 0 bridgehead atoms. The van der Waals surface area contributed by atoms with Gasteiger partial charge in [-0.3, -0.25) is 14.7 Å². The molecule has 0 N–H and O–H groups in total. The Bertz CT molecular complexity index is 491. The minimum Gasteiger partial charge on any atom is -0.340 e. The first-order valence-electron chi connectivity index (χ1n) is 7.84. The van der Waals surface area contributed by atoms with E-state index in [1.807, 2.05) is 0 Å². The van der Waals surface area contributed by atoms with Crippen molar-refractivity contribution in [3.8, 4) is 0 Å². The lowest BCUT2D eigenvalue weighted by Gasteiger charge is -2.26. The summed E-state index contributed by atoms with van der Waals surface area (Å²) in [5, 5.41) is 0. The zero-order valence-corrected chi connectivity index (χ0v) is 12.3. The molecule has 0 saturated carbocycles. The first-order valence-corrected chi connectivity index (χ1v) is 7.84. The minimum atomic E-state index is -0.290. The molecule has 2 aliphatic rings. The maximum absolute atomic E-state index is 12.9. The van der Waals surface area contributed by atoms with Crippen molar-refractivity contribution in [1.29, 1.82) is 0 Å². The van der Waals surface area contributed by atoms with Crippen LogP contribution in [0.2, 0.25) is 0 Å². The van der Waals surface area contributed by atoms with Crippen LogP contribution in [0.4, 0.5) is 4.39 Å². The number of hydrogen-bond acceptors (Lipinski definition) is 3. The van der Waals surface area contributed by atoms with Crippen LogP contribution < -0.4 is 0 Å². The largest absolute Gasteiger partial charge is 0.340 e. The number of pyridine rings is 1. The van der Waals surface area contributed by atoms with E-state index in [1.165, 1.54) is 12.3 Å². The van der Waals surface area contributed by atoms with Gasteiger partial charge in [-0.15, -0.1) is 0 Å². The zero-order valence-electron chi connectivity index (χ0n) is 12.3. The molecule has 114 valence electrons. The molecule has 5 heteroatoms. The van der Waals surface area contributed by atoms with Crippen molar-refractivity contribution in [1.82, 2.24) is 14.8 Å². The third-order valence-corrected chi connectivity index (χ3v) is 4.52. The average molecular weight is 291 g/mol. The topological polar surface area (TPSA) is 36.4 Å². The first kappa shape index (κ1) is 14.4. The molecule has 1 amide bonds. The SMILES string of the molecule is O=C1CCCN1C1CCCN(Cc2ccc(F)cn2)CC1. The molecule has 1 atom stereocenters. The Balaban J connectivity index is 1.55. The fourth-order valence-electron chi connectivity index (χ4n) is 3.39. The van der Waals surface area contributed by atoms with Gasteiger partial charge in [0.15, 0.2) is 0 Å². The monoisotopic (exact) mass is 291 g/mol. The Kier molecular flexibility index (Phi) is 4.48. The second-order valence-electron chi connectivity index (χ2n) is 6.02. The molecule has 0 aliphatic carbocycles. The normalized spacial score (nSPS) is 24.3. The Hall–Kier alpha value is -1.49. The highest BCUT2D eigenvalue weighted by Crippen LogP contribution is 2.22. The maximum atomic E-state index is 12.9. The number of carbonyl (C=O) groups is 1. The maximum Gasteiger partial charge on any atom is 0.222 e. The number of carbonyl (C=O) groups excluding carboxylic acids is 1. The van der Waals surface area contributed by atoms with Crippen LogP contribution in [0.3, 0.4) is 0 Å². The van der Waals surface area contributed by atoms with Gasteiger partial charge in [0.25, 0.3) is 0 Å². The molecule has 21 heavy (non-hydrogen) atoms. The number of nitrogens with zero attached hydrogens (tertiary/aromatic N) is 3. The van der Waals surface area contributed by atoms with E-state index in [1.54, 1.807) is 6.07 Å². The van der Waals surface area contributed by atoms with E-state index in [4.69, 9.17) is 0 Å². The van der Waals surface area contributed by atoms with Gasteiger partial charge in [0.05, 0.1) is 11.9 Å². The van der Waals surface area contributed by atoms with Crippen molar-refractivity contribution in [2.45, 2.75) is 44.7 Å². The molecule has 0 spiro atoms. The number of rotatable bonds is 3. The molecule has 1 aromatic heterocycles. The molecular weight excluding hydrogens is 269 g/mol. The minimum absolute atomic E-state index is 0.290. The van der Waals surface area contributed by atoms with Gasteiger partial charge in [-0.1, -0.05) is 0 Å². The second kappa shape index (κ2) is 6.52.